The molecule has 0 aliphatic carbocycles. The summed E-state index contributed by atoms with van der Waals surface area (Å²) in [7, 11) is 0. The zero-order valence-corrected chi connectivity index (χ0v) is 8.89. The maximum Gasteiger partial charge on any atom is 0.110 e. The number of hydrogen-bond donors (Lipinski definition) is 1. The maximum atomic E-state index is 5.45. The van der Waals surface area contributed by atoms with Crippen LogP contribution in [0.15, 0.2) is 16.9 Å². The number of rotatable bonds is 1. The fourth-order valence-electron chi connectivity index (χ4n) is 0.608. The largest absolute Gasteiger partial charge is 0.326 e. The minimum Gasteiger partial charge on any atom is -0.326 e. The molecule has 0 aliphatic heterocycles. The zero-order chi connectivity index (χ0) is 7.56. The molecular weight excluding hydrogens is 307 g/mol. The van der Waals surface area contributed by atoms with Gasteiger partial charge in [0.1, 0.15) is 4.60 Å². The lowest BCUT2D eigenvalue weighted by molar-refractivity contribution is 1.02. The fourth-order valence-corrected chi connectivity index (χ4v) is 1.50. The molecule has 0 amide bonds. The van der Waals surface area contributed by atoms with Crippen molar-refractivity contribution < 1.29 is 0 Å². The highest BCUT2D eigenvalue weighted by Gasteiger charge is 1.97. The van der Waals surface area contributed by atoms with E-state index in [0.29, 0.717) is 6.54 Å². The average molecular weight is 313 g/mol. The molecule has 54 valence electrons. The topological polar surface area (TPSA) is 38.9 Å². The molecule has 2 nitrogen and oxygen atoms in total. The first-order chi connectivity index (χ1) is 4.74. The summed E-state index contributed by atoms with van der Waals surface area (Å²) in [6.07, 6.45) is 1.80. The van der Waals surface area contributed by atoms with Crippen molar-refractivity contribution in [2.75, 3.05) is 0 Å². The third-order valence-corrected chi connectivity index (χ3v) is 2.40. The van der Waals surface area contributed by atoms with Crippen LogP contribution in [-0.4, -0.2) is 4.98 Å². The average Bonchev–Trinajstić information content (AvgIpc) is 1.94. The van der Waals surface area contributed by atoms with Gasteiger partial charge >= 0.3 is 0 Å². The van der Waals surface area contributed by atoms with Crippen LogP contribution in [0.25, 0.3) is 0 Å². The molecule has 2 N–H and O–H groups in total. The Kier molecular flexibility index (Phi) is 3.06. The molecule has 0 atom stereocenters. The second kappa shape index (κ2) is 3.64. The molecule has 1 aromatic rings. The van der Waals surface area contributed by atoms with Gasteiger partial charge in [0.2, 0.25) is 0 Å². The minimum absolute atomic E-state index is 0.532. The molecule has 0 bridgehead atoms. The highest BCUT2D eigenvalue weighted by Crippen LogP contribution is 2.15. The van der Waals surface area contributed by atoms with E-state index in [4.69, 9.17) is 5.73 Å². The van der Waals surface area contributed by atoms with E-state index < -0.39 is 0 Å². The summed E-state index contributed by atoms with van der Waals surface area (Å²) in [4.78, 5) is 4.08. The lowest BCUT2D eigenvalue weighted by Gasteiger charge is -1.98. The molecule has 4 heteroatoms. The maximum absolute atomic E-state index is 5.45. The number of aromatic nitrogens is 1. The number of halogens is 2. The first-order valence-corrected chi connectivity index (χ1v) is 4.61. The highest BCUT2D eigenvalue weighted by atomic mass is 127. The van der Waals surface area contributed by atoms with Crippen molar-refractivity contribution in [1.82, 2.24) is 4.98 Å². The van der Waals surface area contributed by atoms with Gasteiger partial charge < -0.3 is 5.73 Å². The highest BCUT2D eigenvalue weighted by molar-refractivity contribution is 14.1. The fraction of sp³-hybridized carbons (Fsp3) is 0.167. The molecule has 0 spiro atoms. The van der Waals surface area contributed by atoms with Crippen molar-refractivity contribution in [2.24, 2.45) is 5.73 Å². The van der Waals surface area contributed by atoms with Gasteiger partial charge in [-0.3, -0.25) is 0 Å². The van der Waals surface area contributed by atoms with Gasteiger partial charge in [-0.25, -0.2) is 4.98 Å². The quantitative estimate of drug-likeness (QED) is 0.635. The Bertz CT molecular complexity index is 239. The van der Waals surface area contributed by atoms with E-state index in [1.54, 1.807) is 6.20 Å². The van der Waals surface area contributed by atoms with Crippen LogP contribution in [0, 0.1) is 3.57 Å². The van der Waals surface area contributed by atoms with Crippen LogP contribution in [-0.2, 0) is 6.54 Å². The Morgan fingerprint density at radius 3 is 2.90 bits per heavy atom. The normalized spacial score (nSPS) is 9.90. The van der Waals surface area contributed by atoms with E-state index in [-0.39, 0.29) is 0 Å². The van der Waals surface area contributed by atoms with E-state index in [2.05, 4.69) is 43.5 Å². The van der Waals surface area contributed by atoms with Crippen LogP contribution in [0.5, 0.6) is 0 Å². The van der Waals surface area contributed by atoms with Crippen LogP contribution < -0.4 is 5.73 Å². The van der Waals surface area contributed by atoms with E-state index in [9.17, 15) is 0 Å². The molecule has 0 saturated carbocycles. The first kappa shape index (κ1) is 8.42. The van der Waals surface area contributed by atoms with Crippen molar-refractivity contribution in [2.45, 2.75) is 6.54 Å². The lowest BCUT2D eigenvalue weighted by Crippen LogP contribution is -1.98. The van der Waals surface area contributed by atoms with Crippen LogP contribution in [0.1, 0.15) is 5.56 Å². The van der Waals surface area contributed by atoms with Gasteiger partial charge in [0, 0.05) is 16.3 Å². The van der Waals surface area contributed by atoms with Crippen LogP contribution >= 0.6 is 38.5 Å². The molecule has 0 fully saturated rings. The molecule has 0 aromatic carbocycles. The van der Waals surface area contributed by atoms with E-state index in [1.165, 1.54) is 0 Å². The van der Waals surface area contributed by atoms with Gasteiger partial charge in [0.15, 0.2) is 0 Å². The molecule has 1 rings (SSSR count). The van der Waals surface area contributed by atoms with Crippen LogP contribution in [0.3, 0.4) is 0 Å². The summed E-state index contributed by atoms with van der Waals surface area (Å²) in [5, 5.41) is 0. The van der Waals surface area contributed by atoms with Gasteiger partial charge in [-0.15, -0.1) is 0 Å². The third kappa shape index (κ3) is 1.90. The number of pyridine rings is 1. The van der Waals surface area contributed by atoms with Gasteiger partial charge in [-0.2, -0.15) is 0 Å². The molecule has 10 heavy (non-hydrogen) atoms. The number of nitrogens with two attached hydrogens (primary N) is 1. The van der Waals surface area contributed by atoms with Gasteiger partial charge in [-0.1, -0.05) is 0 Å². The van der Waals surface area contributed by atoms with Crippen molar-refractivity contribution in [3.05, 3.63) is 26.0 Å². The minimum atomic E-state index is 0.532. The Morgan fingerprint density at radius 1 is 1.70 bits per heavy atom. The first-order valence-electron chi connectivity index (χ1n) is 2.74. The molecular formula is C6H6BrIN2. The van der Waals surface area contributed by atoms with Crippen LogP contribution in [0.4, 0.5) is 0 Å². The predicted molar refractivity (Wildman–Crippen MR) is 52.5 cm³/mol. The predicted octanol–water partition coefficient (Wildman–Crippen LogP) is 1.91. The molecule has 0 aliphatic rings. The Labute approximate surface area is 81.5 Å². The molecule has 0 radical (unpaired) electrons. The Hall–Kier alpha value is 0.320. The monoisotopic (exact) mass is 312 g/mol. The van der Waals surface area contributed by atoms with Crippen molar-refractivity contribution in [3.63, 3.8) is 0 Å². The summed E-state index contributed by atoms with van der Waals surface area (Å²) < 4.78 is 1.96. The summed E-state index contributed by atoms with van der Waals surface area (Å²) in [6, 6.07) is 2.01. The molecule has 1 aromatic heterocycles. The zero-order valence-electron chi connectivity index (χ0n) is 5.14. The molecule has 0 saturated heterocycles. The van der Waals surface area contributed by atoms with E-state index in [0.717, 1.165) is 13.7 Å². The number of hydrogen-bond acceptors (Lipinski definition) is 2. The number of nitrogens with zero attached hydrogens (tertiary/aromatic N) is 1. The van der Waals surface area contributed by atoms with Crippen LogP contribution in [0.2, 0.25) is 0 Å². The molecule has 1 heterocycles. The van der Waals surface area contributed by atoms with Crippen molar-refractivity contribution in [1.29, 1.82) is 0 Å². The molecule has 0 unspecified atom stereocenters. The van der Waals surface area contributed by atoms with Crippen molar-refractivity contribution >= 4 is 38.5 Å². The van der Waals surface area contributed by atoms with E-state index in [1.807, 2.05) is 6.07 Å². The lowest BCUT2D eigenvalue weighted by atomic mass is 10.3. The summed E-state index contributed by atoms with van der Waals surface area (Å²) >= 11 is 5.50. The van der Waals surface area contributed by atoms with Crippen molar-refractivity contribution in [3.8, 4) is 0 Å². The van der Waals surface area contributed by atoms with Gasteiger partial charge in [0.25, 0.3) is 0 Å². The van der Waals surface area contributed by atoms with Gasteiger partial charge in [-0.05, 0) is 50.2 Å². The summed E-state index contributed by atoms with van der Waals surface area (Å²) in [5.41, 5.74) is 6.49. The summed E-state index contributed by atoms with van der Waals surface area (Å²) in [5.74, 6) is 0. The Morgan fingerprint density at radius 2 is 2.40 bits per heavy atom. The smallest absolute Gasteiger partial charge is 0.110 e. The van der Waals surface area contributed by atoms with Gasteiger partial charge in [0.05, 0.1) is 0 Å². The second-order valence-electron chi connectivity index (χ2n) is 1.81. The standard InChI is InChI=1S/C6H6BrIN2/c7-6-4(2-9)1-5(8)3-10-6/h1,3H,2,9H2. The third-order valence-electron chi connectivity index (χ3n) is 1.10. The van der Waals surface area contributed by atoms with E-state index >= 15 is 0 Å². The summed E-state index contributed by atoms with van der Waals surface area (Å²) in [6.45, 7) is 0.532. The SMILES string of the molecule is NCc1cc(I)cnc1Br. The second-order valence-corrected chi connectivity index (χ2v) is 3.80. The Balaban J connectivity index is 3.09.